The maximum atomic E-state index is 11.0. The number of hydrogen-bond donors (Lipinski definition) is 2. The van der Waals surface area contributed by atoms with Crippen molar-refractivity contribution in [2.45, 2.75) is 19.3 Å². The molecule has 4 nitrogen and oxygen atoms in total. The summed E-state index contributed by atoms with van der Waals surface area (Å²) in [5.41, 5.74) is 1.78. The Kier molecular flexibility index (Phi) is 3.81. The number of aromatic nitrogens is 2. The second-order valence-corrected chi connectivity index (χ2v) is 5.05. The average Bonchev–Trinajstić information content (AvgIpc) is 2.72. The zero-order valence-electron chi connectivity index (χ0n) is 9.85. The first-order valence-electron chi connectivity index (χ1n) is 5.55. The highest BCUT2D eigenvalue weighted by Gasteiger charge is 2.19. The van der Waals surface area contributed by atoms with Gasteiger partial charge in [-0.05, 0) is 24.6 Å². The van der Waals surface area contributed by atoms with Crippen molar-refractivity contribution in [3.05, 3.63) is 52.0 Å². The number of carbonyl (C=O) groups is 1. The number of carboxylic acids is 1. The lowest BCUT2D eigenvalue weighted by molar-refractivity contribution is -0.137. The van der Waals surface area contributed by atoms with E-state index in [2.05, 4.69) is 25.9 Å². The Morgan fingerprint density at radius 1 is 1.56 bits per heavy atom. The van der Waals surface area contributed by atoms with Crippen LogP contribution in [0.15, 0.2) is 34.9 Å². The maximum Gasteiger partial charge on any atom is 0.304 e. The molecule has 5 heteroatoms. The van der Waals surface area contributed by atoms with Crippen molar-refractivity contribution >= 4 is 21.9 Å². The van der Waals surface area contributed by atoms with Gasteiger partial charge in [0, 0.05) is 22.3 Å². The molecule has 1 heterocycles. The van der Waals surface area contributed by atoms with Crippen LogP contribution in [0, 0.1) is 6.92 Å². The first-order valence-corrected chi connectivity index (χ1v) is 6.34. The normalized spacial score (nSPS) is 12.3. The molecule has 0 radical (unpaired) electrons. The molecule has 1 atom stereocenters. The standard InChI is InChI=1S/C13H13BrN2O2/c1-8-15-7-12(16-8)11(6-13(17)18)9-3-2-4-10(14)5-9/h2-5,7,11H,6H2,1H3,(H,15,16)(H,17,18). The van der Waals surface area contributed by atoms with Gasteiger partial charge in [0.25, 0.3) is 0 Å². The fraction of sp³-hybridized carbons (Fsp3) is 0.231. The molecule has 1 aromatic carbocycles. The zero-order chi connectivity index (χ0) is 13.1. The molecule has 0 aliphatic rings. The smallest absolute Gasteiger partial charge is 0.304 e. The number of rotatable bonds is 4. The highest BCUT2D eigenvalue weighted by atomic mass is 79.9. The van der Waals surface area contributed by atoms with E-state index in [1.54, 1.807) is 6.20 Å². The molecule has 1 aromatic heterocycles. The van der Waals surface area contributed by atoms with Crippen LogP contribution in [0.3, 0.4) is 0 Å². The van der Waals surface area contributed by atoms with E-state index in [9.17, 15) is 4.79 Å². The Bertz CT molecular complexity index is 566. The second-order valence-electron chi connectivity index (χ2n) is 4.13. The van der Waals surface area contributed by atoms with Gasteiger partial charge in [-0.2, -0.15) is 0 Å². The van der Waals surface area contributed by atoms with Crippen molar-refractivity contribution in [2.75, 3.05) is 0 Å². The van der Waals surface area contributed by atoms with Gasteiger partial charge in [-0.15, -0.1) is 0 Å². The summed E-state index contributed by atoms with van der Waals surface area (Å²) in [6.07, 6.45) is 1.74. The molecular formula is C13H13BrN2O2. The number of halogens is 1. The summed E-state index contributed by atoms with van der Waals surface area (Å²) in [5, 5.41) is 9.04. The third kappa shape index (κ3) is 2.98. The zero-order valence-corrected chi connectivity index (χ0v) is 11.4. The molecule has 0 amide bonds. The minimum atomic E-state index is -0.827. The van der Waals surface area contributed by atoms with Crippen LogP contribution >= 0.6 is 15.9 Å². The quantitative estimate of drug-likeness (QED) is 0.912. The Hall–Kier alpha value is -1.62. The molecule has 2 rings (SSSR count). The van der Waals surface area contributed by atoms with Crippen LogP contribution in [0.2, 0.25) is 0 Å². The first-order chi connectivity index (χ1) is 8.56. The summed E-state index contributed by atoms with van der Waals surface area (Å²) >= 11 is 3.40. The Balaban J connectivity index is 2.39. The summed E-state index contributed by atoms with van der Waals surface area (Å²) in [7, 11) is 0. The second kappa shape index (κ2) is 5.35. The van der Waals surface area contributed by atoms with Crippen LogP contribution in [0.1, 0.15) is 29.4 Å². The lowest BCUT2D eigenvalue weighted by atomic mass is 9.93. The number of aromatic amines is 1. The van der Waals surface area contributed by atoms with E-state index in [1.807, 2.05) is 31.2 Å². The SMILES string of the molecule is Cc1ncc(C(CC(=O)O)c2cccc(Br)c2)[nH]1. The summed E-state index contributed by atoms with van der Waals surface area (Å²) in [4.78, 5) is 18.2. The molecule has 0 saturated heterocycles. The number of nitrogens with zero attached hydrogens (tertiary/aromatic N) is 1. The third-order valence-corrected chi connectivity index (χ3v) is 3.22. The summed E-state index contributed by atoms with van der Waals surface area (Å²) in [5.74, 6) is -0.246. The van der Waals surface area contributed by atoms with E-state index in [0.717, 1.165) is 21.6 Å². The van der Waals surface area contributed by atoms with E-state index >= 15 is 0 Å². The van der Waals surface area contributed by atoms with Crippen molar-refractivity contribution in [1.82, 2.24) is 9.97 Å². The van der Waals surface area contributed by atoms with E-state index in [0.29, 0.717) is 0 Å². The van der Waals surface area contributed by atoms with E-state index in [4.69, 9.17) is 5.11 Å². The third-order valence-electron chi connectivity index (χ3n) is 2.73. The summed E-state index contributed by atoms with van der Waals surface area (Å²) in [6.45, 7) is 1.85. The van der Waals surface area contributed by atoms with Gasteiger partial charge in [-0.3, -0.25) is 4.79 Å². The van der Waals surface area contributed by atoms with Gasteiger partial charge in [-0.25, -0.2) is 4.98 Å². The van der Waals surface area contributed by atoms with E-state index < -0.39 is 5.97 Å². The number of aryl methyl sites for hydroxylation is 1. The predicted molar refractivity (Wildman–Crippen MR) is 71.6 cm³/mol. The highest BCUT2D eigenvalue weighted by molar-refractivity contribution is 9.10. The van der Waals surface area contributed by atoms with Crippen LogP contribution in [-0.4, -0.2) is 21.0 Å². The van der Waals surface area contributed by atoms with E-state index in [-0.39, 0.29) is 12.3 Å². The Morgan fingerprint density at radius 2 is 2.33 bits per heavy atom. The van der Waals surface area contributed by atoms with Crippen molar-refractivity contribution < 1.29 is 9.90 Å². The minimum absolute atomic E-state index is 0.0398. The number of imidazole rings is 1. The van der Waals surface area contributed by atoms with Crippen LogP contribution < -0.4 is 0 Å². The molecule has 0 aliphatic carbocycles. The molecule has 0 fully saturated rings. The van der Waals surface area contributed by atoms with Gasteiger partial charge in [-0.1, -0.05) is 28.1 Å². The topological polar surface area (TPSA) is 66.0 Å². The monoisotopic (exact) mass is 308 g/mol. The predicted octanol–water partition coefficient (Wildman–Crippen LogP) is 3.09. The number of carboxylic acid groups (broad SMARTS) is 1. The molecule has 2 aromatic rings. The van der Waals surface area contributed by atoms with Gasteiger partial charge in [0.05, 0.1) is 6.42 Å². The van der Waals surface area contributed by atoms with Crippen LogP contribution in [0.25, 0.3) is 0 Å². The van der Waals surface area contributed by atoms with Gasteiger partial charge in [0.1, 0.15) is 5.82 Å². The number of H-pyrrole nitrogens is 1. The lowest BCUT2D eigenvalue weighted by Crippen LogP contribution is -2.08. The number of benzene rings is 1. The molecule has 0 saturated carbocycles. The number of aliphatic carboxylic acids is 1. The van der Waals surface area contributed by atoms with Crippen LogP contribution in [-0.2, 0) is 4.79 Å². The van der Waals surface area contributed by atoms with Crippen molar-refractivity contribution in [1.29, 1.82) is 0 Å². The van der Waals surface area contributed by atoms with Gasteiger partial charge in [0.15, 0.2) is 0 Å². The molecule has 0 bridgehead atoms. The molecule has 94 valence electrons. The molecular weight excluding hydrogens is 296 g/mol. The average molecular weight is 309 g/mol. The summed E-state index contributed by atoms with van der Waals surface area (Å²) < 4.78 is 0.937. The Labute approximate surface area is 113 Å². The molecule has 2 N–H and O–H groups in total. The van der Waals surface area contributed by atoms with Crippen LogP contribution in [0.4, 0.5) is 0 Å². The molecule has 18 heavy (non-hydrogen) atoms. The van der Waals surface area contributed by atoms with Crippen molar-refractivity contribution in [3.8, 4) is 0 Å². The first kappa shape index (κ1) is 12.8. The number of hydrogen-bond acceptors (Lipinski definition) is 2. The fourth-order valence-corrected chi connectivity index (χ4v) is 2.34. The highest BCUT2D eigenvalue weighted by Crippen LogP contribution is 2.28. The fourth-order valence-electron chi connectivity index (χ4n) is 1.92. The van der Waals surface area contributed by atoms with E-state index in [1.165, 1.54) is 0 Å². The minimum Gasteiger partial charge on any atom is -0.481 e. The van der Waals surface area contributed by atoms with Crippen molar-refractivity contribution in [3.63, 3.8) is 0 Å². The molecule has 1 unspecified atom stereocenters. The van der Waals surface area contributed by atoms with Gasteiger partial charge < -0.3 is 10.1 Å². The van der Waals surface area contributed by atoms with Crippen LogP contribution in [0.5, 0.6) is 0 Å². The molecule has 0 spiro atoms. The van der Waals surface area contributed by atoms with Crippen molar-refractivity contribution in [2.24, 2.45) is 0 Å². The van der Waals surface area contributed by atoms with Gasteiger partial charge >= 0.3 is 5.97 Å². The number of nitrogens with one attached hydrogen (secondary N) is 1. The molecule has 0 aliphatic heterocycles. The summed E-state index contributed by atoms with van der Waals surface area (Å²) in [6, 6.07) is 7.68. The Morgan fingerprint density at radius 3 is 2.89 bits per heavy atom. The lowest BCUT2D eigenvalue weighted by Gasteiger charge is -2.13. The largest absolute Gasteiger partial charge is 0.481 e. The maximum absolute atomic E-state index is 11.0. The van der Waals surface area contributed by atoms with Gasteiger partial charge in [0.2, 0.25) is 0 Å².